The van der Waals surface area contributed by atoms with E-state index in [-0.39, 0.29) is 5.92 Å². The molecule has 1 aromatic carbocycles. The van der Waals surface area contributed by atoms with Crippen LogP contribution in [0, 0.1) is 17.8 Å². The molecule has 19 heavy (non-hydrogen) atoms. The lowest BCUT2D eigenvalue weighted by molar-refractivity contribution is -0.139. The maximum Gasteiger partial charge on any atom is 0.306 e. The monoisotopic (exact) mass is 259 g/mol. The zero-order chi connectivity index (χ0) is 13.2. The number of aliphatic carboxylic acids is 1. The molecule has 3 heteroatoms. The van der Waals surface area contributed by atoms with Gasteiger partial charge in [0.15, 0.2) is 0 Å². The second-order valence-corrected chi connectivity index (χ2v) is 5.97. The molecule has 3 nitrogen and oxygen atoms in total. The second kappa shape index (κ2) is 5.33. The number of carboxylic acids is 1. The summed E-state index contributed by atoms with van der Waals surface area (Å²) in [5.41, 5.74) is 1.36. The van der Waals surface area contributed by atoms with Crippen LogP contribution < -0.4 is 0 Å². The van der Waals surface area contributed by atoms with Crippen LogP contribution in [0.4, 0.5) is 0 Å². The van der Waals surface area contributed by atoms with Gasteiger partial charge in [0.25, 0.3) is 0 Å². The van der Waals surface area contributed by atoms with E-state index in [1.807, 2.05) is 6.07 Å². The van der Waals surface area contributed by atoms with Crippen molar-refractivity contribution in [1.29, 1.82) is 0 Å². The number of carboxylic acid groups (broad SMARTS) is 1. The van der Waals surface area contributed by atoms with E-state index in [0.717, 1.165) is 26.1 Å². The van der Waals surface area contributed by atoms with Crippen LogP contribution in [-0.2, 0) is 11.3 Å². The normalized spacial score (nSPS) is 31.1. The van der Waals surface area contributed by atoms with E-state index in [0.29, 0.717) is 11.8 Å². The Kier molecular flexibility index (Phi) is 3.56. The fraction of sp³-hybridized carbons (Fsp3) is 0.562. The van der Waals surface area contributed by atoms with Gasteiger partial charge in [-0.05, 0) is 43.2 Å². The Balaban J connectivity index is 1.55. The number of rotatable bonds is 4. The first kappa shape index (κ1) is 12.7. The molecule has 1 aliphatic heterocycles. The number of nitrogens with zero attached hydrogens (tertiary/aromatic N) is 1. The minimum absolute atomic E-state index is 0.0540. The molecule has 1 saturated carbocycles. The minimum atomic E-state index is -0.592. The van der Waals surface area contributed by atoms with Gasteiger partial charge in [0, 0.05) is 13.1 Å². The molecule has 2 aliphatic rings. The van der Waals surface area contributed by atoms with Crippen LogP contribution in [-0.4, -0.2) is 29.1 Å². The molecule has 0 spiro atoms. The summed E-state index contributed by atoms with van der Waals surface area (Å²) in [4.78, 5) is 13.5. The van der Waals surface area contributed by atoms with Crippen molar-refractivity contribution in [2.75, 3.05) is 13.1 Å². The summed E-state index contributed by atoms with van der Waals surface area (Å²) >= 11 is 0. The fourth-order valence-electron chi connectivity index (χ4n) is 3.45. The fourth-order valence-corrected chi connectivity index (χ4v) is 3.45. The molecule has 3 rings (SSSR count). The van der Waals surface area contributed by atoms with E-state index < -0.39 is 5.97 Å². The van der Waals surface area contributed by atoms with Gasteiger partial charge >= 0.3 is 5.97 Å². The first-order valence-electron chi connectivity index (χ1n) is 7.23. The third kappa shape index (κ3) is 2.98. The van der Waals surface area contributed by atoms with Crippen molar-refractivity contribution >= 4 is 5.97 Å². The first-order valence-corrected chi connectivity index (χ1v) is 7.23. The van der Waals surface area contributed by atoms with Gasteiger partial charge in [0.1, 0.15) is 0 Å². The topological polar surface area (TPSA) is 40.5 Å². The van der Waals surface area contributed by atoms with Crippen LogP contribution in [0.3, 0.4) is 0 Å². The summed E-state index contributed by atoms with van der Waals surface area (Å²) in [6.45, 7) is 3.22. The Hall–Kier alpha value is -1.35. The number of hydrogen-bond acceptors (Lipinski definition) is 2. The predicted molar refractivity (Wildman–Crippen MR) is 73.7 cm³/mol. The molecule has 2 fully saturated rings. The maximum absolute atomic E-state index is 11.0. The van der Waals surface area contributed by atoms with Crippen molar-refractivity contribution in [2.24, 2.45) is 17.8 Å². The predicted octanol–water partition coefficient (Wildman–Crippen LogP) is 2.62. The van der Waals surface area contributed by atoms with Gasteiger partial charge in [-0.1, -0.05) is 30.3 Å². The van der Waals surface area contributed by atoms with E-state index in [2.05, 4.69) is 29.2 Å². The molecule has 0 radical (unpaired) electrons. The molecular weight excluding hydrogens is 238 g/mol. The molecule has 1 aliphatic carbocycles. The van der Waals surface area contributed by atoms with Crippen molar-refractivity contribution in [3.63, 3.8) is 0 Å². The average Bonchev–Trinajstić information content (AvgIpc) is 3.20. The summed E-state index contributed by atoms with van der Waals surface area (Å²) in [5.74, 6) is 0.390. The van der Waals surface area contributed by atoms with Crippen LogP contribution in [0.15, 0.2) is 30.3 Å². The van der Waals surface area contributed by atoms with Crippen LogP contribution in [0.25, 0.3) is 0 Å². The minimum Gasteiger partial charge on any atom is -0.481 e. The summed E-state index contributed by atoms with van der Waals surface area (Å²) < 4.78 is 0. The molecule has 1 aromatic rings. The van der Waals surface area contributed by atoms with E-state index in [1.165, 1.54) is 18.4 Å². The molecule has 0 bridgehead atoms. The van der Waals surface area contributed by atoms with E-state index >= 15 is 0 Å². The molecule has 1 unspecified atom stereocenters. The molecule has 0 aromatic heterocycles. The zero-order valence-corrected chi connectivity index (χ0v) is 11.2. The van der Waals surface area contributed by atoms with Crippen LogP contribution >= 0.6 is 0 Å². The SMILES string of the molecule is O=C(O)[C@@H]1C[C@H]1C1CCCN(Cc2ccccc2)C1. The molecule has 102 valence electrons. The van der Waals surface area contributed by atoms with Gasteiger partial charge in [0.2, 0.25) is 0 Å². The lowest BCUT2D eigenvalue weighted by Gasteiger charge is -2.33. The van der Waals surface area contributed by atoms with Crippen molar-refractivity contribution in [2.45, 2.75) is 25.8 Å². The number of piperidine rings is 1. The van der Waals surface area contributed by atoms with Crippen molar-refractivity contribution in [1.82, 2.24) is 4.90 Å². The molecule has 1 N–H and O–H groups in total. The second-order valence-electron chi connectivity index (χ2n) is 5.97. The van der Waals surface area contributed by atoms with Gasteiger partial charge in [-0.2, -0.15) is 0 Å². The Labute approximate surface area is 114 Å². The average molecular weight is 259 g/mol. The maximum atomic E-state index is 11.0. The highest BCUT2D eigenvalue weighted by Gasteiger charge is 2.48. The molecular formula is C16H21NO2. The lowest BCUT2D eigenvalue weighted by Crippen LogP contribution is -2.36. The molecule has 3 atom stereocenters. The first-order chi connectivity index (χ1) is 9.24. The van der Waals surface area contributed by atoms with E-state index in [9.17, 15) is 4.79 Å². The Morgan fingerprint density at radius 3 is 2.79 bits per heavy atom. The van der Waals surface area contributed by atoms with Crippen LogP contribution in [0.5, 0.6) is 0 Å². The molecule has 1 saturated heterocycles. The Morgan fingerprint density at radius 1 is 1.32 bits per heavy atom. The summed E-state index contributed by atoms with van der Waals surface area (Å²) in [5, 5.41) is 9.04. The Bertz CT molecular complexity index is 445. The largest absolute Gasteiger partial charge is 0.481 e. The van der Waals surface area contributed by atoms with Crippen LogP contribution in [0.1, 0.15) is 24.8 Å². The summed E-state index contributed by atoms with van der Waals surface area (Å²) in [6, 6.07) is 10.5. The van der Waals surface area contributed by atoms with Gasteiger partial charge in [0.05, 0.1) is 5.92 Å². The quantitative estimate of drug-likeness (QED) is 0.903. The van der Waals surface area contributed by atoms with Gasteiger partial charge in [-0.15, -0.1) is 0 Å². The highest BCUT2D eigenvalue weighted by molar-refractivity contribution is 5.73. The summed E-state index contributed by atoms with van der Waals surface area (Å²) in [7, 11) is 0. The highest BCUT2D eigenvalue weighted by Crippen LogP contribution is 2.47. The third-order valence-electron chi connectivity index (χ3n) is 4.55. The zero-order valence-electron chi connectivity index (χ0n) is 11.2. The number of likely N-dealkylation sites (tertiary alicyclic amines) is 1. The van der Waals surface area contributed by atoms with Crippen molar-refractivity contribution in [3.05, 3.63) is 35.9 Å². The van der Waals surface area contributed by atoms with Gasteiger partial charge in [-0.25, -0.2) is 0 Å². The number of carbonyl (C=O) groups is 1. The van der Waals surface area contributed by atoms with E-state index in [4.69, 9.17) is 5.11 Å². The van der Waals surface area contributed by atoms with E-state index in [1.54, 1.807) is 0 Å². The summed E-state index contributed by atoms with van der Waals surface area (Å²) in [6.07, 6.45) is 3.32. The highest BCUT2D eigenvalue weighted by atomic mass is 16.4. The standard InChI is InChI=1S/C16H21NO2/c18-16(19)15-9-14(15)13-7-4-8-17(11-13)10-12-5-2-1-3-6-12/h1-3,5-6,13-15H,4,7-11H2,(H,18,19)/t13?,14-,15+/m0/s1. The van der Waals surface area contributed by atoms with Crippen LogP contribution in [0.2, 0.25) is 0 Å². The molecule has 0 amide bonds. The Morgan fingerprint density at radius 2 is 2.11 bits per heavy atom. The number of hydrogen-bond donors (Lipinski definition) is 1. The van der Waals surface area contributed by atoms with Crippen molar-refractivity contribution in [3.8, 4) is 0 Å². The van der Waals surface area contributed by atoms with Gasteiger partial charge in [-0.3, -0.25) is 9.69 Å². The third-order valence-corrected chi connectivity index (χ3v) is 4.55. The number of benzene rings is 1. The molecule has 1 heterocycles. The smallest absolute Gasteiger partial charge is 0.306 e. The van der Waals surface area contributed by atoms with Crippen molar-refractivity contribution < 1.29 is 9.90 Å². The van der Waals surface area contributed by atoms with Gasteiger partial charge < -0.3 is 5.11 Å². The lowest BCUT2D eigenvalue weighted by atomic mass is 9.92.